The standard InChI is InChI=1S/C6H7N3O/c7-2-1-6(10)9-4-3-8-5-9/h5H,1,3-4H2. The molecule has 0 radical (unpaired) electrons. The van der Waals surface area contributed by atoms with E-state index in [0.717, 1.165) is 0 Å². The number of rotatable bonds is 1. The Hall–Kier alpha value is -1.37. The average molecular weight is 137 g/mol. The molecule has 0 atom stereocenters. The molecule has 0 fully saturated rings. The minimum absolute atomic E-state index is 0.0496. The summed E-state index contributed by atoms with van der Waals surface area (Å²) in [6.45, 7) is 1.29. The monoisotopic (exact) mass is 137 g/mol. The van der Waals surface area contributed by atoms with Gasteiger partial charge in [0.15, 0.2) is 0 Å². The Morgan fingerprint density at radius 1 is 1.90 bits per heavy atom. The second-order valence-electron chi connectivity index (χ2n) is 1.94. The van der Waals surface area contributed by atoms with Gasteiger partial charge < -0.3 is 4.90 Å². The van der Waals surface area contributed by atoms with Crippen LogP contribution in [-0.2, 0) is 4.79 Å². The van der Waals surface area contributed by atoms with Gasteiger partial charge in [0.2, 0.25) is 5.91 Å². The van der Waals surface area contributed by atoms with E-state index in [2.05, 4.69) is 4.99 Å². The normalized spacial score (nSPS) is 15.3. The third kappa shape index (κ3) is 1.32. The Morgan fingerprint density at radius 3 is 3.20 bits per heavy atom. The summed E-state index contributed by atoms with van der Waals surface area (Å²) in [5.74, 6) is -0.163. The summed E-state index contributed by atoms with van der Waals surface area (Å²) in [6.07, 6.45) is 1.44. The highest BCUT2D eigenvalue weighted by atomic mass is 16.2. The summed E-state index contributed by atoms with van der Waals surface area (Å²) < 4.78 is 0. The van der Waals surface area contributed by atoms with Crippen LogP contribution in [0.2, 0.25) is 0 Å². The van der Waals surface area contributed by atoms with Crippen LogP contribution in [0.15, 0.2) is 4.99 Å². The van der Waals surface area contributed by atoms with Gasteiger partial charge in [0, 0.05) is 6.54 Å². The van der Waals surface area contributed by atoms with Crippen LogP contribution in [0.3, 0.4) is 0 Å². The van der Waals surface area contributed by atoms with Crippen molar-refractivity contribution in [3.8, 4) is 6.07 Å². The molecule has 0 spiro atoms. The van der Waals surface area contributed by atoms with Crippen LogP contribution in [0.1, 0.15) is 6.42 Å². The summed E-state index contributed by atoms with van der Waals surface area (Å²) in [7, 11) is 0. The highest BCUT2D eigenvalue weighted by Crippen LogP contribution is 1.95. The van der Waals surface area contributed by atoms with E-state index in [4.69, 9.17) is 5.26 Å². The van der Waals surface area contributed by atoms with Gasteiger partial charge in [0.1, 0.15) is 6.42 Å². The summed E-state index contributed by atoms with van der Waals surface area (Å²) in [5, 5.41) is 8.16. The lowest BCUT2D eigenvalue weighted by Gasteiger charge is -2.07. The highest BCUT2D eigenvalue weighted by molar-refractivity contribution is 5.89. The first-order valence-corrected chi connectivity index (χ1v) is 3.01. The summed E-state index contributed by atoms with van der Waals surface area (Å²) in [6, 6.07) is 1.79. The minimum Gasteiger partial charge on any atom is -0.301 e. The van der Waals surface area contributed by atoms with Crippen molar-refractivity contribution in [3.05, 3.63) is 0 Å². The summed E-state index contributed by atoms with van der Waals surface area (Å²) >= 11 is 0. The van der Waals surface area contributed by atoms with Crippen molar-refractivity contribution in [3.63, 3.8) is 0 Å². The van der Waals surface area contributed by atoms with E-state index < -0.39 is 0 Å². The maximum absolute atomic E-state index is 10.9. The number of aliphatic imine (C=N–C) groups is 1. The van der Waals surface area contributed by atoms with Crippen LogP contribution in [0, 0.1) is 11.3 Å². The molecule has 1 amide bonds. The molecular formula is C6H7N3O. The molecule has 0 N–H and O–H groups in total. The van der Waals surface area contributed by atoms with Gasteiger partial charge >= 0.3 is 0 Å². The molecule has 0 aromatic heterocycles. The number of nitrogens with zero attached hydrogens (tertiary/aromatic N) is 3. The van der Waals surface area contributed by atoms with Crippen molar-refractivity contribution in [2.75, 3.05) is 13.1 Å². The fraction of sp³-hybridized carbons (Fsp3) is 0.500. The predicted molar refractivity (Wildman–Crippen MR) is 35.3 cm³/mol. The lowest BCUT2D eigenvalue weighted by atomic mass is 10.4. The average Bonchev–Trinajstić information content (AvgIpc) is 2.38. The Labute approximate surface area is 58.8 Å². The first-order valence-electron chi connectivity index (χ1n) is 3.01. The third-order valence-electron chi connectivity index (χ3n) is 1.24. The van der Waals surface area contributed by atoms with Gasteiger partial charge in [-0.05, 0) is 0 Å². The first-order chi connectivity index (χ1) is 4.84. The van der Waals surface area contributed by atoms with Crippen LogP contribution < -0.4 is 0 Å². The quantitative estimate of drug-likeness (QED) is 0.501. The molecule has 0 aromatic rings. The van der Waals surface area contributed by atoms with Crippen LogP contribution in [0.25, 0.3) is 0 Å². The molecule has 4 nitrogen and oxygen atoms in total. The van der Waals surface area contributed by atoms with Crippen molar-refractivity contribution in [2.45, 2.75) is 6.42 Å². The molecule has 1 aliphatic heterocycles. The third-order valence-corrected chi connectivity index (χ3v) is 1.24. The molecule has 4 heteroatoms. The van der Waals surface area contributed by atoms with Gasteiger partial charge in [0.25, 0.3) is 0 Å². The summed E-state index contributed by atoms with van der Waals surface area (Å²) in [4.78, 5) is 16.2. The van der Waals surface area contributed by atoms with Crippen molar-refractivity contribution in [1.82, 2.24) is 4.90 Å². The van der Waals surface area contributed by atoms with Gasteiger partial charge in [-0.3, -0.25) is 9.79 Å². The van der Waals surface area contributed by atoms with E-state index in [1.807, 2.05) is 0 Å². The second kappa shape index (κ2) is 2.97. The van der Waals surface area contributed by atoms with Crippen molar-refractivity contribution in [1.29, 1.82) is 5.26 Å². The molecule has 52 valence electrons. The lowest BCUT2D eigenvalue weighted by Crippen LogP contribution is -2.27. The van der Waals surface area contributed by atoms with Crippen LogP contribution in [0.4, 0.5) is 0 Å². The number of hydrogen-bond acceptors (Lipinski definition) is 3. The van der Waals surface area contributed by atoms with E-state index in [1.165, 1.54) is 11.2 Å². The number of nitriles is 1. The van der Waals surface area contributed by atoms with Gasteiger partial charge in [-0.2, -0.15) is 5.26 Å². The molecule has 1 rings (SSSR count). The molecule has 1 aliphatic rings. The highest BCUT2D eigenvalue weighted by Gasteiger charge is 2.12. The molecule has 10 heavy (non-hydrogen) atoms. The molecule has 0 saturated heterocycles. The molecule has 0 unspecified atom stereocenters. The number of amides is 1. The van der Waals surface area contributed by atoms with E-state index in [1.54, 1.807) is 6.07 Å². The Balaban J connectivity index is 2.42. The zero-order valence-electron chi connectivity index (χ0n) is 5.45. The van der Waals surface area contributed by atoms with Crippen LogP contribution in [0.5, 0.6) is 0 Å². The second-order valence-corrected chi connectivity index (χ2v) is 1.94. The van der Waals surface area contributed by atoms with E-state index in [9.17, 15) is 4.79 Å². The first kappa shape index (κ1) is 6.75. The largest absolute Gasteiger partial charge is 0.301 e. The maximum atomic E-state index is 10.9. The predicted octanol–water partition coefficient (Wildman–Crippen LogP) is -0.229. The fourth-order valence-electron chi connectivity index (χ4n) is 0.738. The number of carbonyl (C=O) groups is 1. The molecule has 1 heterocycles. The van der Waals surface area contributed by atoms with E-state index >= 15 is 0 Å². The van der Waals surface area contributed by atoms with Gasteiger partial charge in [-0.25, -0.2) is 0 Å². The molecule has 0 aromatic carbocycles. The van der Waals surface area contributed by atoms with Gasteiger partial charge in [-0.1, -0.05) is 0 Å². The Bertz CT molecular complexity index is 204. The van der Waals surface area contributed by atoms with Crippen molar-refractivity contribution < 1.29 is 4.79 Å². The van der Waals surface area contributed by atoms with Crippen molar-refractivity contribution in [2.24, 2.45) is 4.99 Å². The fourth-order valence-corrected chi connectivity index (χ4v) is 0.738. The topological polar surface area (TPSA) is 56.5 Å². The maximum Gasteiger partial charge on any atom is 0.241 e. The molecule has 0 saturated carbocycles. The van der Waals surface area contributed by atoms with Crippen molar-refractivity contribution >= 4 is 12.2 Å². The van der Waals surface area contributed by atoms with Crippen LogP contribution in [-0.4, -0.2) is 30.2 Å². The van der Waals surface area contributed by atoms with Crippen LogP contribution >= 0.6 is 0 Å². The zero-order chi connectivity index (χ0) is 7.40. The SMILES string of the molecule is N#CCC(=O)N1C=NCC1. The minimum atomic E-state index is -0.163. The number of hydrogen-bond donors (Lipinski definition) is 0. The van der Waals surface area contributed by atoms with E-state index in [-0.39, 0.29) is 12.3 Å². The molecule has 0 bridgehead atoms. The van der Waals surface area contributed by atoms with E-state index in [0.29, 0.717) is 13.1 Å². The number of carbonyl (C=O) groups excluding carboxylic acids is 1. The smallest absolute Gasteiger partial charge is 0.241 e. The van der Waals surface area contributed by atoms with Gasteiger partial charge in [0.05, 0.1) is 19.0 Å². The lowest BCUT2D eigenvalue weighted by molar-refractivity contribution is -0.125. The molecule has 0 aliphatic carbocycles. The van der Waals surface area contributed by atoms with Gasteiger partial charge in [-0.15, -0.1) is 0 Å². The summed E-state index contributed by atoms with van der Waals surface area (Å²) in [5.41, 5.74) is 0. The Kier molecular flexibility index (Phi) is 2.00. The molecular weight excluding hydrogens is 130 g/mol. The Morgan fingerprint density at radius 2 is 2.70 bits per heavy atom. The zero-order valence-corrected chi connectivity index (χ0v) is 5.45.